The molecule has 2 rings (SSSR count). The van der Waals surface area contributed by atoms with E-state index in [0.717, 1.165) is 11.8 Å². The number of hydrogen-bond acceptors (Lipinski definition) is 3. The summed E-state index contributed by atoms with van der Waals surface area (Å²) in [6.45, 7) is 0. The van der Waals surface area contributed by atoms with Gasteiger partial charge in [-0.05, 0) is 23.8 Å². The first kappa shape index (κ1) is 11.7. The van der Waals surface area contributed by atoms with Crippen LogP contribution in [0.3, 0.4) is 0 Å². The number of carbonyl (C=O) groups is 1. The summed E-state index contributed by atoms with van der Waals surface area (Å²) in [7, 11) is -3.43. The van der Waals surface area contributed by atoms with Crippen molar-refractivity contribution in [2.75, 3.05) is 6.26 Å². The second kappa shape index (κ2) is 3.89. The van der Waals surface area contributed by atoms with Crippen LogP contribution in [-0.2, 0) is 21.1 Å². The molecule has 1 heterocycles. The van der Waals surface area contributed by atoms with Gasteiger partial charge in [-0.25, -0.2) is 8.42 Å². The fourth-order valence-corrected chi connectivity index (χ4v) is 2.80. The first-order chi connectivity index (χ1) is 7.89. The van der Waals surface area contributed by atoms with Crippen molar-refractivity contribution >= 4 is 26.7 Å². The molecule has 5 nitrogen and oxygen atoms in total. The second-order valence-corrected chi connectivity index (χ2v) is 5.81. The van der Waals surface area contributed by atoms with E-state index in [9.17, 15) is 13.2 Å². The maximum absolute atomic E-state index is 11.6. The molecule has 17 heavy (non-hydrogen) atoms. The summed E-state index contributed by atoms with van der Waals surface area (Å²) < 4.78 is 23.2. The number of hydrogen-bond donors (Lipinski definition) is 2. The number of carboxylic acid groups (broad SMARTS) is 1. The van der Waals surface area contributed by atoms with Crippen molar-refractivity contribution in [3.05, 3.63) is 30.0 Å². The molecule has 0 amide bonds. The van der Waals surface area contributed by atoms with Crippen molar-refractivity contribution in [3.8, 4) is 0 Å². The summed E-state index contributed by atoms with van der Waals surface area (Å²) in [4.78, 5) is 13.8. The average molecular weight is 253 g/mol. The highest BCUT2D eigenvalue weighted by Gasteiger charge is 2.18. The quantitative estimate of drug-likeness (QED) is 0.860. The van der Waals surface area contributed by atoms with E-state index in [0.29, 0.717) is 10.9 Å². The lowest BCUT2D eigenvalue weighted by Crippen LogP contribution is -2.08. The third kappa shape index (κ3) is 2.16. The lowest BCUT2D eigenvalue weighted by Gasteiger charge is -2.07. The predicted octanol–water partition coefficient (Wildman–Crippen LogP) is 1.20. The monoisotopic (exact) mass is 253 g/mol. The summed E-state index contributed by atoms with van der Waals surface area (Å²) in [5, 5.41) is 9.48. The molecule has 0 saturated carbocycles. The van der Waals surface area contributed by atoms with Gasteiger partial charge in [-0.3, -0.25) is 4.79 Å². The molecule has 0 spiro atoms. The van der Waals surface area contributed by atoms with Gasteiger partial charge in [0.05, 0.1) is 11.3 Å². The number of benzene rings is 1. The summed E-state index contributed by atoms with van der Waals surface area (Å²) in [6.07, 6.45) is 2.42. The Balaban J connectivity index is 2.79. The van der Waals surface area contributed by atoms with Gasteiger partial charge in [-0.15, -0.1) is 0 Å². The van der Waals surface area contributed by atoms with Gasteiger partial charge in [-0.1, -0.05) is 0 Å². The Hall–Kier alpha value is -1.82. The number of aliphatic carboxylic acids is 1. The second-order valence-electron chi connectivity index (χ2n) is 3.82. The molecular weight excluding hydrogens is 242 g/mol. The number of aromatic nitrogens is 1. The van der Waals surface area contributed by atoms with Gasteiger partial charge in [0.2, 0.25) is 0 Å². The summed E-state index contributed by atoms with van der Waals surface area (Å²) in [6, 6.07) is 4.76. The molecule has 2 aromatic rings. The highest BCUT2D eigenvalue weighted by Crippen LogP contribution is 2.25. The van der Waals surface area contributed by atoms with E-state index in [-0.39, 0.29) is 11.3 Å². The van der Waals surface area contributed by atoms with Crippen LogP contribution in [0.15, 0.2) is 29.3 Å². The van der Waals surface area contributed by atoms with Gasteiger partial charge in [0.1, 0.15) is 0 Å². The number of H-pyrrole nitrogens is 1. The number of rotatable bonds is 3. The van der Waals surface area contributed by atoms with Gasteiger partial charge in [0.15, 0.2) is 9.84 Å². The molecule has 90 valence electrons. The molecule has 0 radical (unpaired) electrons. The summed E-state index contributed by atoms with van der Waals surface area (Å²) >= 11 is 0. The minimum absolute atomic E-state index is 0.0759. The number of sulfone groups is 1. The molecule has 0 unspecified atom stereocenters. The first-order valence-corrected chi connectivity index (χ1v) is 6.79. The lowest BCUT2D eigenvalue weighted by molar-refractivity contribution is -0.136. The molecule has 0 fully saturated rings. The van der Waals surface area contributed by atoms with Crippen LogP contribution in [0.4, 0.5) is 0 Å². The Morgan fingerprint density at radius 1 is 1.35 bits per heavy atom. The van der Waals surface area contributed by atoms with Crippen LogP contribution in [0, 0.1) is 0 Å². The Bertz CT molecular complexity index is 685. The van der Waals surface area contributed by atoms with Crippen LogP contribution in [0.2, 0.25) is 0 Å². The van der Waals surface area contributed by atoms with Crippen molar-refractivity contribution in [1.29, 1.82) is 0 Å². The maximum atomic E-state index is 11.6. The van der Waals surface area contributed by atoms with Gasteiger partial charge >= 0.3 is 5.97 Å². The van der Waals surface area contributed by atoms with Gasteiger partial charge in [-0.2, -0.15) is 0 Å². The summed E-state index contributed by atoms with van der Waals surface area (Å²) in [5.41, 5.74) is 1.06. The van der Waals surface area contributed by atoms with E-state index in [1.807, 2.05) is 0 Å². The largest absolute Gasteiger partial charge is 0.481 e. The van der Waals surface area contributed by atoms with Crippen LogP contribution in [0.25, 0.3) is 10.9 Å². The molecule has 2 N–H and O–H groups in total. The zero-order valence-corrected chi connectivity index (χ0v) is 9.91. The fraction of sp³-hybridized carbons (Fsp3) is 0.182. The van der Waals surface area contributed by atoms with Crippen LogP contribution < -0.4 is 0 Å². The zero-order chi connectivity index (χ0) is 12.6. The Morgan fingerprint density at radius 3 is 2.65 bits per heavy atom. The number of fused-ring (bicyclic) bond motifs is 1. The highest BCUT2D eigenvalue weighted by molar-refractivity contribution is 7.90. The van der Waals surface area contributed by atoms with Crippen LogP contribution in [-0.4, -0.2) is 30.7 Å². The van der Waals surface area contributed by atoms with E-state index < -0.39 is 15.8 Å². The predicted molar refractivity (Wildman–Crippen MR) is 62.7 cm³/mol. The standard InChI is InChI=1S/C11H11NO4S/c1-17(15,16)10-3-2-9-7(4-5-12-9)8(10)6-11(13)14/h2-5,12H,6H2,1H3,(H,13,14). The smallest absolute Gasteiger partial charge is 0.307 e. The van der Waals surface area contributed by atoms with Crippen molar-refractivity contribution in [2.24, 2.45) is 0 Å². The van der Waals surface area contributed by atoms with Crippen LogP contribution >= 0.6 is 0 Å². The molecule has 1 aromatic heterocycles. The average Bonchev–Trinajstić information content (AvgIpc) is 2.63. The summed E-state index contributed by atoms with van der Waals surface area (Å²) in [5.74, 6) is -1.05. The van der Waals surface area contributed by atoms with E-state index >= 15 is 0 Å². The van der Waals surface area contributed by atoms with Crippen LogP contribution in [0.5, 0.6) is 0 Å². The molecule has 6 heteroatoms. The van der Waals surface area contributed by atoms with Crippen molar-refractivity contribution < 1.29 is 18.3 Å². The minimum Gasteiger partial charge on any atom is -0.481 e. The van der Waals surface area contributed by atoms with Crippen molar-refractivity contribution in [3.63, 3.8) is 0 Å². The van der Waals surface area contributed by atoms with Crippen LogP contribution in [0.1, 0.15) is 5.56 Å². The number of nitrogens with one attached hydrogen (secondary N) is 1. The molecule has 0 bridgehead atoms. The van der Waals surface area contributed by atoms with E-state index in [1.165, 1.54) is 6.07 Å². The SMILES string of the molecule is CS(=O)(=O)c1ccc2[nH]ccc2c1CC(=O)O. The molecule has 0 aliphatic heterocycles. The van der Waals surface area contributed by atoms with Crippen molar-refractivity contribution in [2.45, 2.75) is 11.3 Å². The highest BCUT2D eigenvalue weighted by atomic mass is 32.2. The molecule has 0 aliphatic rings. The minimum atomic E-state index is -3.43. The lowest BCUT2D eigenvalue weighted by atomic mass is 10.1. The van der Waals surface area contributed by atoms with E-state index in [4.69, 9.17) is 5.11 Å². The Labute approximate surface area is 98.0 Å². The third-order valence-corrected chi connectivity index (χ3v) is 3.71. The van der Waals surface area contributed by atoms with E-state index in [2.05, 4.69) is 4.98 Å². The van der Waals surface area contributed by atoms with E-state index in [1.54, 1.807) is 18.3 Å². The molecule has 0 saturated heterocycles. The molecule has 0 aliphatic carbocycles. The first-order valence-electron chi connectivity index (χ1n) is 4.90. The maximum Gasteiger partial charge on any atom is 0.307 e. The molecule has 1 aromatic carbocycles. The Kier molecular flexibility index (Phi) is 2.66. The van der Waals surface area contributed by atoms with Gasteiger partial charge < -0.3 is 10.1 Å². The normalized spacial score (nSPS) is 11.8. The fourth-order valence-electron chi connectivity index (χ4n) is 1.86. The third-order valence-electron chi connectivity index (χ3n) is 2.53. The van der Waals surface area contributed by atoms with Crippen molar-refractivity contribution in [1.82, 2.24) is 4.98 Å². The van der Waals surface area contributed by atoms with Gasteiger partial charge in [0.25, 0.3) is 0 Å². The number of carboxylic acids is 1. The molecule has 0 atom stereocenters. The zero-order valence-electron chi connectivity index (χ0n) is 9.10. The van der Waals surface area contributed by atoms with Gasteiger partial charge in [0, 0.05) is 23.4 Å². The topological polar surface area (TPSA) is 87.2 Å². The number of aromatic amines is 1. The molecular formula is C11H11NO4S. The Morgan fingerprint density at radius 2 is 2.06 bits per heavy atom.